The fraction of sp³-hybridized carbons (Fsp3) is 0.875. The molecular weight excluding hydrogens is 128 g/mol. The van der Waals surface area contributed by atoms with Crippen LogP contribution in [0.5, 0.6) is 0 Å². The van der Waals surface area contributed by atoms with Crippen molar-refractivity contribution in [3.8, 4) is 0 Å². The van der Waals surface area contributed by atoms with E-state index in [4.69, 9.17) is 4.11 Å². The highest BCUT2D eigenvalue weighted by atomic mass is 16.5. The van der Waals surface area contributed by atoms with E-state index in [1.807, 2.05) is 13.8 Å². The number of ether oxygens (including phenoxy) is 1. The number of esters is 1. The van der Waals surface area contributed by atoms with Crippen LogP contribution in [0.1, 0.15) is 37.2 Å². The van der Waals surface area contributed by atoms with Gasteiger partial charge in [-0.15, -0.1) is 0 Å². The molecule has 0 heterocycles. The van der Waals surface area contributed by atoms with Gasteiger partial charge in [-0.05, 0) is 12.8 Å². The summed E-state index contributed by atoms with van der Waals surface area (Å²) in [6, 6.07) is 0. The summed E-state index contributed by atoms with van der Waals surface area (Å²) < 4.78 is 24.6. The monoisotopic (exact) mass is 147 g/mol. The fourth-order valence-electron chi connectivity index (χ4n) is 0.920. The molecule has 0 radical (unpaired) electrons. The first-order valence-corrected chi connectivity index (χ1v) is 3.63. The van der Waals surface area contributed by atoms with Crippen LogP contribution in [-0.2, 0) is 9.53 Å². The zero-order valence-electron chi connectivity index (χ0n) is 9.52. The molecule has 10 heavy (non-hydrogen) atoms. The summed E-state index contributed by atoms with van der Waals surface area (Å²) in [5, 5.41) is 0. The van der Waals surface area contributed by atoms with Gasteiger partial charge in [0.15, 0.2) is 0 Å². The second-order valence-electron chi connectivity index (χ2n) is 2.31. The van der Waals surface area contributed by atoms with Gasteiger partial charge in [0.2, 0.25) is 0 Å². The smallest absolute Gasteiger partial charge is 0.308 e. The molecule has 0 aliphatic carbocycles. The third-order valence-corrected chi connectivity index (χ3v) is 1.56. The van der Waals surface area contributed by atoms with E-state index in [9.17, 15) is 4.79 Å². The number of carbonyl (C=O) groups is 1. The molecule has 0 fully saturated rings. The van der Waals surface area contributed by atoms with Gasteiger partial charge in [0.25, 0.3) is 0 Å². The van der Waals surface area contributed by atoms with Crippen LogP contribution in [0.3, 0.4) is 0 Å². The minimum Gasteiger partial charge on any atom is -0.469 e. The number of carbonyl (C=O) groups excluding carboxylic acids is 1. The average Bonchev–Trinajstić information content (AvgIpc) is 1.96. The molecule has 0 rings (SSSR count). The van der Waals surface area contributed by atoms with Crippen LogP contribution < -0.4 is 0 Å². The van der Waals surface area contributed by atoms with Crippen LogP contribution in [0.25, 0.3) is 0 Å². The zero-order valence-corrected chi connectivity index (χ0v) is 6.52. The molecule has 0 amide bonds. The zero-order chi connectivity index (χ0) is 10.5. The number of hydrogen-bond donors (Lipinski definition) is 0. The molecule has 0 saturated carbocycles. The topological polar surface area (TPSA) is 26.3 Å². The van der Waals surface area contributed by atoms with Gasteiger partial charge in [-0.1, -0.05) is 20.3 Å². The Morgan fingerprint density at radius 2 is 2.40 bits per heavy atom. The van der Waals surface area contributed by atoms with Gasteiger partial charge in [0.05, 0.1) is 17.1 Å². The summed E-state index contributed by atoms with van der Waals surface area (Å²) in [6.45, 7) is 3.80. The molecule has 0 aromatic heterocycles. The lowest BCUT2D eigenvalue weighted by molar-refractivity contribution is -0.145. The van der Waals surface area contributed by atoms with Crippen LogP contribution in [-0.4, -0.2) is 13.0 Å². The van der Waals surface area contributed by atoms with E-state index in [0.29, 0.717) is 12.8 Å². The predicted molar refractivity (Wildman–Crippen MR) is 40.7 cm³/mol. The molecule has 60 valence electrons. The van der Waals surface area contributed by atoms with Crippen molar-refractivity contribution in [2.75, 3.05) is 7.04 Å². The molecule has 0 aliphatic rings. The van der Waals surface area contributed by atoms with E-state index in [1.54, 1.807) is 0 Å². The van der Waals surface area contributed by atoms with E-state index >= 15 is 0 Å². The molecule has 0 aromatic carbocycles. The second kappa shape index (κ2) is 5.27. The average molecular weight is 147 g/mol. The van der Waals surface area contributed by atoms with E-state index in [0.717, 1.165) is 6.42 Å². The summed E-state index contributed by atoms with van der Waals surface area (Å²) in [5.74, 6) is -0.880. The molecule has 0 bridgehead atoms. The fourth-order valence-corrected chi connectivity index (χ4v) is 0.920. The van der Waals surface area contributed by atoms with Gasteiger partial charge in [-0.3, -0.25) is 4.79 Å². The number of methoxy groups -OCH3 is 1. The highest BCUT2D eigenvalue weighted by Crippen LogP contribution is 2.11. The lowest BCUT2D eigenvalue weighted by Crippen LogP contribution is -2.14. The quantitative estimate of drug-likeness (QED) is 0.568. The highest BCUT2D eigenvalue weighted by Gasteiger charge is 2.14. The largest absolute Gasteiger partial charge is 0.469 e. The molecule has 2 heteroatoms. The minimum atomic E-state index is -2.60. The third kappa shape index (κ3) is 2.85. The maximum absolute atomic E-state index is 11.2. The second-order valence-corrected chi connectivity index (χ2v) is 2.31. The minimum absolute atomic E-state index is 0.273. The molecule has 1 atom stereocenters. The molecule has 0 saturated heterocycles. The standard InChI is InChI=1S/C8H16O2/c1-4-6-7(5-2)8(9)10-3/h7H,4-6H2,1-3H3/i3D3. The first kappa shape index (κ1) is 5.16. The van der Waals surface area contributed by atoms with Crippen LogP contribution in [0.15, 0.2) is 0 Å². The normalized spacial score (nSPS) is 18.4. The van der Waals surface area contributed by atoms with Crippen molar-refractivity contribution in [2.24, 2.45) is 5.92 Å². The summed E-state index contributed by atoms with van der Waals surface area (Å²) in [5.41, 5.74) is 0. The Morgan fingerprint density at radius 3 is 2.80 bits per heavy atom. The predicted octanol–water partition coefficient (Wildman–Crippen LogP) is 1.99. The van der Waals surface area contributed by atoms with E-state index in [-0.39, 0.29) is 5.92 Å². The Labute approximate surface area is 66.8 Å². The summed E-state index contributed by atoms with van der Waals surface area (Å²) in [6.07, 6.45) is 2.17. The van der Waals surface area contributed by atoms with Crippen molar-refractivity contribution in [2.45, 2.75) is 33.1 Å². The molecule has 0 spiro atoms. The molecular formula is C8H16O2. The van der Waals surface area contributed by atoms with Gasteiger partial charge in [-0.2, -0.15) is 0 Å². The van der Waals surface area contributed by atoms with E-state index in [1.165, 1.54) is 0 Å². The Balaban J connectivity index is 4.06. The van der Waals surface area contributed by atoms with Crippen molar-refractivity contribution in [1.82, 2.24) is 0 Å². The molecule has 1 unspecified atom stereocenters. The van der Waals surface area contributed by atoms with E-state index in [2.05, 4.69) is 4.74 Å². The highest BCUT2D eigenvalue weighted by molar-refractivity contribution is 5.72. The van der Waals surface area contributed by atoms with Crippen LogP contribution in [0.4, 0.5) is 0 Å². The van der Waals surface area contributed by atoms with Crippen LogP contribution in [0.2, 0.25) is 0 Å². The van der Waals surface area contributed by atoms with Crippen LogP contribution >= 0.6 is 0 Å². The van der Waals surface area contributed by atoms with Crippen molar-refractivity contribution in [1.29, 1.82) is 0 Å². The SMILES string of the molecule is [2H]C([2H])([2H])OC(=O)C(CC)CCC. The lowest BCUT2D eigenvalue weighted by Gasteiger charge is -2.09. The summed E-state index contributed by atoms with van der Waals surface area (Å²) >= 11 is 0. The van der Waals surface area contributed by atoms with Crippen molar-refractivity contribution in [3.63, 3.8) is 0 Å². The Kier molecular flexibility index (Phi) is 2.72. The first-order valence-electron chi connectivity index (χ1n) is 5.13. The Bertz CT molecular complexity index is 165. The van der Waals surface area contributed by atoms with Gasteiger partial charge < -0.3 is 4.74 Å². The van der Waals surface area contributed by atoms with Gasteiger partial charge >= 0.3 is 5.97 Å². The maximum Gasteiger partial charge on any atom is 0.308 e. The maximum atomic E-state index is 11.2. The van der Waals surface area contributed by atoms with Gasteiger partial charge in [0.1, 0.15) is 0 Å². The Morgan fingerprint density at radius 1 is 1.70 bits per heavy atom. The van der Waals surface area contributed by atoms with Gasteiger partial charge in [-0.25, -0.2) is 0 Å². The number of rotatable bonds is 4. The van der Waals surface area contributed by atoms with Crippen LogP contribution in [0, 0.1) is 5.92 Å². The molecule has 0 aliphatic heterocycles. The van der Waals surface area contributed by atoms with Crippen molar-refractivity contribution < 1.29 is 13.6 Å². The summed E-state index contributed by atoms with van der Waals surface area (Å²) in [4.78, 5) is 11.2. The Hall–Kier alpha value is -0.530. The van der Waals surface area contributed by atoms with Crippen molar-refractivity contribution in [3.05, 3.63) is 0 Å². The van der Waals surface area contributed by atoms with E-state index < -0.39 is 13.0 Å². The van der Waals surface area contributed by atoms with Crippen molar-refractivity contribution >= 4 is 5.97 Å². The number of hydrogen-bond acceptors (Lipinski definition) is 2. The summed E-state index contributed by atoms with van der Waals surface area (Å²) in [7, 11) is -2.60. The first-order chi connectivity index (χ1) is 5.90. The van der Waals surface area contributed by atoms with Gasteiger partial charge in [0, 0.05) is 0 Å². The molecule has 2 nitrogen and oxygen atoms in total. The third-order valence-electron chi connectivity index (χ3n) is 1.56. The molecule has 0 aromatic rings. The molecule has 0 N–H and O–H groups in total. The lowest BCUT2D eigenvalue weighted by atomic mass is 10.0.